The largest absolute Gasteiger partial charge is 0.493 e. The molecule has 0 bridgehead atoms. The molecule has 0 aromatic heterocycles. The van der Waals surface area contributed by atoms with Crippen LogP contribution in [0.1, 0.15) is 37.7 Å². The smallest absolute Gasteiger partial charge is 0.348 e. The minimum Gasteiger partial charge on any atom is -0.493 e. The van der Waals surface area contributed by atoms with Crippen molar-refractivity contribution in [2.24, 2.45) is 0 Å². The number of esters is 2. The van der Waals surface area contributed by atoms with E-state index in [4.69, 9.17) is 23.7 Å². The molecule has 1 saturated heterocycles. The van der Waals surface area contributed by atoms with E-state index in [0.717, 1.165) is 19.3 Å². The van der Waals surface area contributed by atoms with Gasteiger partial charge in [0.25, 0.3) is 5.79 Å². The summed E-state index contributed by atoms with van der Waals surface area (Å²) in [4.78, 5) is 24.9. The molecule has 1 heterocycles. The zero-order valence-electron chi connectivity index (χ0n) is 15.1. The Labute approximate surface area is 151 Å². The summed E-state index contributed by atoms with van der Waals surface area (Å²) in [6.45, 7) is 0. The van der Waals surface area contributed by atoms with Crippen molar-refractivity contribution in [3.63, 3.8) is 0 Å². The predicted octanol–water partition coefficient (Wildman–Crippen LogP) is 2.86. The van der Waals surface area contributed by atoms with E-state index in [0.29, 0.717) is 35.7 Å². The Hall–Kier alpha value is -2.70. The average Bonchev–Trinajstić information content (AvgIpc) is 2.64. The van der Waals surface area contributed by atoms with E-state index in [-0.39, 0.29) is 5.57 Å². The van der Waals surface area contributed by atoms with Crippen LogP contribution >= 0.6 is 0 Å². The summed E-state index contributed by atoms with van der Waals surface area (Å²) in [7, 11) is 4.48. The normalized spacial score (nSPS) is 18.8. The summed E-state index contributed by atoms with van der Waals surface area (Å²) in [5.74, 6) is -1.18. The van der Waals surface area contributed by atoms with E-state index in [1.165, 1.54) is 27.4 Å². The lowest BCUT2D eigenvalue weighted by Crippen LogP contribution is -2.47. The lowest BCUT2D eigenvalue weighted by atomic mass is 9.93. The molecule has 7 nitrogen and oxygen atoms in total. The van der Waals surface area contributed by atoms with Crippen molar-refractivity contribution in [1.29, 1.82) is 0 Å². The molecule has 1 aliphatic carbocycles. The van der Waals surface area contributed by atoms with Crippen molar-refractivity contribution < 1.29 is 33.3 Å². The first-order valence-electron chi connectivity index (χ1n) is 8.50. The lowest BCUT2D eigenvalue weighted by molar-refractivity contribution is -0.244. The van der Waals surface area contributed by atoms with Crippen LogP contribution in [0.4, 0.5) is 0 Å². The second-order valence-electron chi connectivity index (χ2n) is 6.27. The van der Waals surface area contributed by atoms with Gasteiger partial charge in [0, 0.05) is 12.8 Å². The Morgan fingerprint density at radius 2 is 1.42 bits per heavy atom. The summed E-state index contributed by atoms with van der Waals surface area (Å²) in [6, 6.07) is 3.28. The molecular formula is C19H22O7. The molecule has 0 unspecified atom stereocenters. The Bertz CT molecular complexity index is 697. The van der Waals surface area contributed by atoms with Gasteiger partial charge in [-0.15, -0.1) is 0 Å². The van der Waals surface area contributed by atoms with Crippen molar-refractivity contribution in [3.05, 3.63) is 23.3 Å². The number of methoxy groups -OCH3 is 3. The Morgan fingerprint density at radius 3 is 1.88 bits per heavy atom. The van der Waals surface area contributed by atoms with Gasteiger partial charge in [0.05, 0.1) is 21.3 Å². The second-order valence-corrected chi connectivity index (χ2v) is 6.27. The molecule has 3 rings (SSSR count). The van der Waals surface area contributed by atoms with Crippen LogP contribution in [-0.2, 0) is 19.1 Å². The molecule has 2 aliphatic rings. The van der Waals surface area contributed by atoms with E-state index in [9.17, 15) is 9.59 Å². The number of carbonyl (C=O) groups is 2. The van der Waals surface area contributed by atoms with Crippen LogP contribution in [-0.4, -0.2) is 39.1 Å². The van der Waals surface area contributed by atoms with Gasteiger partial charge < -0.3 is 23.7 Å². The monoisotopic (exact) mass is 362 g/mol. The first kappa shape index (κ1) is 18.1. The Morgan fingerprint density at radius 1 is 0.885 bits per heavy atom. The maximum absolute atomic E-state index is 12.4. The van der Waals surface area contributed by atoms with Crippen LogP contribution in [0, 0.1) is 0 Å². The minimum atomic E-state index is -1.10. The number of hydrogen-bond acceptors (Lipinski definition) is 7. The maximum atomic E-state index is 12.4. The first-order valence-corrected chi connectivity index (χ1v) is 8.50. The highest BCUT2D eigenvalue weighted by molar-refractivity contribution is 6.19. The van der Waals surface area contributed by atoms with Crippen molar-refractivity contribution in [2.75, 3.05) is 21.3 Å². The van der Waals surface area contributed by atoms with Gasteiger partial charge in [-0.25, -0.2) is 9.59 Å². The number of rotatable bonds is 4. The average molecular weight is 362 g/mol. The SMILES string of the molecule is COc1cc(C=C2C(=O)OC3(CCCCC3)OC2=O)cc(OC)c1OC. The van der Waals surface area contributed by atoms with Gasteiger partial charge in [-0.2, -0.15) is 0 Å². The van der Waals surface area contributed by atoms with E-state index in [2.05, 4.69) is 0 Å². The van der Waals surface area contributed by atoms with E-state index >= 15 is 0 Å². The van der Waals surface area contributed by atoms with Gasteiger partial charge in [0.1, 0.15) is 5.57 Å². The molecule has 0 N–H and O–H groups in total. The topological polar surface area (TPSA) is 80.3 Å². The first-order chi connectivity index (χ1) is 12.5. The fourth-order valence-electron chi connectivity index (χ4n) is 3.32. The number of hydrogen-bond donors (Lipinski definition) is 0. The molecule has 1 aromatic rings. The standard InChI is InChI=1S/C19H22O7/c1-22-14-10-12(11-15(23-2)16(14)24-3)9-13-17(20)25-19(26-18(13)21)7-5-4-6-8-19/h9-11H,4-8H2,1-3H3. The predicted molar refractivity (Wildman–Crippen MR) is 92.1 cm³/mol. The van der Waals surface area contributed by atoms with Crippen LogP contribution in [0.5, 0.6) is 17.2 Å². The van der Waals surface area contributed by atoms with Crippen LogP contribution in [0.2, 0.25) is 0 Å². The van der Waals surface area contributed by atoms with Gasteiger partial charge in [-0.3, -0.25) is 0 Å². The highest BCUT2D eigenvalue weighted by Crippen LogP contribution is 2.40. The molecule has 2 fully saturated rings. The van der Waals surface area contributed by atoms with Crippen LogP contribution in [0.15, 0.2) is 17.7 Å². The molecule has 1 spiro atoms. The van der Waals surface area contributed by atoms with E-state index in [1.54, 1.807) is 12.1 Å². The molecule has 7 heteroatoms. The number of benzene rings is 1. The van der Waals surface area contributed by atoms with Gasteiger partial charge in [-0.05, 0) is 36.6 Å². The zero-order valence-corrected chi connectivity index (χ0v) is 15.1. The minimum absolute atomic E-state index is 0.157. The Kier molecular flexibility index (Phi) is 5.06. The fraction of sp³-hybridized carbons (Fsp3) is 0.474. The Balaban J connectivity index is 1.92. The van der Waals surface area contributed by atoms with Crippen LogP contribution < -0.4 is 14.2 Å². The van der Waals surface area contributed by atoms with Gasteiger partial charge in [0.2, 0.25) is 5.75 Å². The summed E-state index contributed by atoms with van der Waals surface area (Å²) < 4.78 is 26.8. The van der Waals surface area contributed by atoms with Gasteiger partial charge in [0.15, 0.2) is 11.5 Å². The van der Waals surface area contributed by atoms with Crippen molar-refractivity contribution in [1.82, 2.24) is 0 Å². The van der Waals surface area contributed by atoms with Crippen molar-refractivity contribution in [3.8, 4) is 17.2 Å². The quantitative estimate of drug-likeness (QED) is 0.463. The summed E-state index contributed by atoms with van der Waals surface area (Å²) in [5, 5.41) is 0. The fourth-order valence-corrected chi connectivity index (χ4v) is 3.32. The second kappa shape index (κ2) is 7.27. The van der Waals surface area contributed by atoms with Crippen molar-refractivity contribution in [2.45, 2.75) is 37.9 Å². The summed E-state index contributed by atoms with van der Waals surface area (Å²) in [5.41, 5.74) is 0.374. The summed E-state index contributed by atoms with van der Waals surface area (Å²) >= 11 is 0. The van der Waals surface area contributed by atoms with Crippen LogP contribution in [0.3, 0.4) is 0 Å². The molecule has 0 amide bonds. The van der Waals surface area contributed by atoms with E-state index < -0.39 is 17.7 Å². The van der Waals surface area contributed by atoms with E-state index in [1.807, 2.05) is 0 Å². The molecule has 0 radical (unpaired) electrons. The molecule has 140 valence electrons. The maximum Gasteiger partial charge on any atom is 0.348 e. The molecular weight excluding hydrogens is 340 g/mol. The molecule has 0 atom stereocenters. The molecule has 1 aromatic carbocycles. The van der Waals surface area contributed by atoms with Crippen molar-refractivity contribution >= 4 is 18.0 Å². The molecule has 1 saturated carbocycles. The zero-order chi connectivity index (χ0) is 18.7. The third-order valence-corrected chi connectivity index (χ3v) is 4.61. The van der Waals surface area contributed by atoms with Gasteiger partial charge in [-0.1, -0.05) is 6.42 Å². The highest BCUT2D eigenvalue weighted by atomic mass is 16.7. The van der Waals surface area contributed by atoms with Crippen LogP contribution in [0.25, 0.3) is 6.08 Å². The molecule has 26 heavy (non-hydrogen) atoms. The van der Waals surface area contributed by atoms with Gasteiger partial charge >= 0.3 is 11.9 Å². The molecule has 1 aliphatic heterocycles. The number of carbonyl (C=O) groups excluding carboxylic acids is 2. The third-order valence-electron chi connectivity index (χ3n) is 4.61. The lowest BCUT2D eigenvalue weighted by Gasteiger charge is -2.38. The number of ether oxygens (including phenoxy) is 5. The summed E-state index contributed by atoms with van der Waals surface area (Å²) in [6.07, 6.45) is 5.28. The third kappa shape index (κ3) is 3.34. The highest BCUT2D eigenvalue weighted by Gasteiger charge is 2.46.